The van der Waals surface area contributed by atoms with Crippen molar-refractivity contribution in [2.75, 3.05) is 0 Å². The molecule has 0 saturated heterocycles. The lowest BCUT2D eigenvalue weighted by Gasteiger charge is -2.10. The summed E-state index contributed by atoms with van der Waals surface area (Å²) in [6.45, 7) is 0.366. The first-order chi connectivity index (χ1) is 12.6. The van der Waals surface area contributed by atoms with Gasteiger partial charge in [0.1, 0.15) is 12.4 Å². The maximum absolute atomic E-state index is 11.7. The minimum atomic E-state index is -0.412. The number of halogens is 2. The zero-order valence-electron chi connectivity index (χ0n) is 13.5. The number of hydrazone groups is 1. The summed E-state index contributed by atoms with van der Waals surface area (Å²) in [5, 5.41) is 4.58. The highest BCUT2D eigenvalue weighted by Gasteiger charge is 2.07. The van der Waals surface area contributed by atoms with E-state index in [1.165, 1.54) is 12.5 Å². The molecule has 0 unspecified atom stereocenters. The summed E-state index contributed by atoms with van der Waals surface area (Å²) in [6.07, 6.45) is 2.96. The summed E-state index contributed by atoms with van der Waals surface area (Å²) in [6, 6.07) is 16.2. The summed E-state index contributed by atoms with van der Waals surface area (Å²) < 4.78 is 11.5. The average molecular weight is 434 g/mol. The number of amides is 1. The van der Waals surface area contributed by atoms with Gasteiger partial charge in [0.05, 0.1) is 17.0 Å². The summed E-state index contributed by atoms with van der Waals surface area (Å²) in [4.78, 5) is 11.7. The van der Waals surface area contributed by atoms with Crippen LogP contribution in [0, 0.1) is 0 Å². The van der Waals surface area contributed by atoms with Crippen molar-refractivity contribution >= 4 is 39.7 Å². The van der Waals surface area contributed by atoms with E-state index < -0.39 is 5.91 Å². The number of nitrogens with zero attached hydrogens (tertiary/aromatic N) is 1. The Bertz CT molecular complexity index is 926. The highest BCUT2D eigenvalue weighted by Crippen LogP contribution is 2.27. The Balaban J connectivity index is 1.59. The molecule has 0 aliphatic heterocycles. The highest BCUT2D eigenvalue weighted by atomic mass is 79.9. The molecule has 26 heavy (non-hydrogen) atoms. The first kappa shape index (κ1) is 18.2. The molecule has 1 N–H and O–H groups in total. The van der Waals surface area contributed by atoms with Crippen LogP contribution in [0.15, 0.2) is 74.9 Å². The summed E-state index contributed by atoms with van der Waals surface area (Å²) >= 11 is 9.59. The Morgan fingerprint density at radius 3 is 2.81 bits per heavy atom. The number of rotatable bonds is 6. The third kappa shape index (κ3) is 4.74. The van der Waals surface area contributed by atoms with Crippen LogP contribution in [-0.4, -0.2) is 12.1 Å². The molecule has 7 heteroatoms. The molecule has 0 aliphatic rings. The lowest BCUT2D eigenvalue weighted by atomic mass is 10.2. The van der Waals surface area contributed by atoms with Gasteiger partial charge in [-0.2, -0.15) is 5.10 Å². The third-order valence-electron chi connectivity index (χ3n) is 3.42. The summed E-state index contributed by atoms with van der Waals surface area (Å²) in [5.41, 5.74) is 4.10. The average Bonchev–Trinajstić information content (AvgIpc) is 3.17. The van der Waals surface area contributed by atoms with Crippen molar-refractivity contribution in [2.45, 2.75) is 6.61 Å². The maximum Gasteiger partial charge on any atom is 0.307 e. The molecule has 0 fully saturated rings. The number of hydrogen-bond donors (Lipinski definition) is 1. The number of ether oxygens (including phenoxy) is 1. The van der Waals surface area contributed by atoms with E-state index in [-0.39, 0.29) is 5.76 Å². The van der Waals surface area contributed by atoms with Crippen LogP contribution in [0.2, 0.25) is 5.02 Å². The zero-order valence-corrected chi connectivity index (χ0v) is 15.8. The highest BCUT2D eigenvalue weighted by molar-refractivity contribution is 9.10. The molecular formula is C19H14BrClN2O3. The maximum atomic E-state index is 11.7. The summed E-state index contributed by atoms with van der Waals surface area (Å²) in [7, 11) is 0. The molecule has 0 spiro atoms. The topological polar surface area (TPSA) is 63.8 Å². The normalized spacial score (nSPS) is 10.8. The molecule has 0 bridgehead atoms. The molecule has 0 saturated carbocycles. The predicted octanol–water partition coefficient (Wildman–Crippen LogP) is 5.04. The molecule has 1 heterocycles. The van der Waals surface area contributed by atoms with E-state index in [1.807, 2.05) is 42.5 Å². The molecule has 1 aromatic heterocycles. The Labute approximate surface area is 163 Å². The quantitative estimate of drug-likeness (QED) is 0.437. The van der Waals surface area contributed by atoms with Gasteiger partial charge in [-0.3, -0.25) is 4.79 Å². The van der Waals surface area contributed by atoms with Gasteiger partial charge in [-0.1, -0.05) is 29.8 Å². The van der Waals surface area contributed by atoms with Crippen LogP contribution >= 0.6 is 27.5 Å². The van der Waals surface area contributed by atoms with Crippen LogP contribution in [0.3, 0.4) is 0 Å². The molecule has 1 amide bonds. The van der Waals surface area contributed by atoms with Crippen molar-refractivity contribution in [3.8, 4) is 5.75 Å². The Morgan fingerprint density at radius 2 is 2.08 bits per heavy atom. The fourth-order valence-electron chi connectivity index (χ4n) is 2.11. The number of carbonyl (C=O) groups is 1. The molecule has 0 atom stereocenters. The van der Waals surface area contributed by atoms with Crippen LogP contribution < -0.4 is 10.2 Å². The lowest BCUT2D eigenvalue weighted by Crippen LogP contribution is -2.16. The van der Waals surface area contributed by atoms with Gasteiger partial charge in [-0.25, -0.2) is 5.43 Å². The van der Waals surface area contributed by atoms with E-state index in [0.29, 0.717) is 17.4 Å². The van der Waals surface area contributed by atoms with Crippen molar-refractivity contribution < 1.29 is 13.9 Å². The lowest BCUT2D eigenvalue weighted by molar-refractivity contribution is 0.0927. The minimum Gasteiger partial charge on any atom is -0.488 e. The second-order valence-corrected chi connectivity index (χ2v) is 6.51. The third-order valence-corrected chi connectivity index (χ3v) is 4.41. The second kappa shape index (κ2) is 8.69. The molecule has 132 valence electrons. The number of benzene rings is 2. The molecular weight excluding hydrogens is 420 g/mol. The molecule has 0 radical (unpaired) electrons. The molecule has 0 aliphatic carbocycles. The van der Waals surface area contributed by atoms with Crippen molar-refractivity contribution in [2.24, 2.45) is 5.10 Å². The SMILES string of the molecule is O=C(N/N=C\c1ccc(OCc2ccccc2Cl)c(Br)c1)c1ccco1. The standard InChI is InChI=1S/C19H14BrClN2O3/c20-15-10-13(11-22-23-19(24)18-6-3-9-25-18)7-8-17(15)26-12-14-4-1-2-5-16(14)21/h1-11H,12H2,(H,23,24)/b22-11-. The van der Waals surface area contributed by atoms with Crippen LogP contribution in [0.25, 0.3) is 0 Å². The van der Waals surface area contributed by atoms with Crippen molar-refractivity contribution in [3.05, 3.63) is 87.2 Å². The smallest absolute Gasteiger partial charge is 0.307 e. The minimum absolute atomic E-state index is 0.201. The number of carbonyl (C=O) groups excluding carboxylic acids is 1. The Morgan fingerprint density at radius 1 is 1.23 bits per heavy atom. The van der Waals surface area contributed by atoms with Gasteiger partial charge < -0.3 is 9.15 Å². The van der Waals surface area contributed by atoms with Crippen LogP contribution in [-0.2, 0) is 6.61 Å². The van der Waals surface area contributed by atoms with E-state index in [4.69, 9.17) is 20.8 Å². The monoisotopic (exact) mass is 432 g/mol. The van der Waals surface area contributed by atoms with Gasteiger partial charge in [0.2, 0.25) is 0 Å². The summed E-state index contributed by atoms with van der Waals surface area (Å²) in [5.74, 6) is 0.471. The van der Waals surface area contributed by atoms with E-state index in [2.05, 4.69) is 26.5 Å². The van der Waals surface area contributed by atoms with Gasteiger partial charge >= 0.3 is 5.91 Å². The first-order valence-electron chi connectivity index (χ1n) is 7.66. The number of nitrogens with one attached hydrogen (secondary N) is 1. The zero-order chi connectivity index (χ0) is 18.4. The predicted molar refractivity (Wildman–Crippen MR) is 104 cm³/mol. The fourth-order valence-corrected chi connectivity index (χ4v) is 2.81. The van der Waals surface area contributed by atoms with Gasteiger partial charge in [-0.05, 0) is 57.9 Å². The number of furan rings is 1. The number of hydrogen-bond acceptors (Lipinski definition) is 4. The fraction of sp³-hybridized carbons (Fsp3) is 0.0526. The van der Waals surface area contributed by atoms with E-state index in [0.717, 1.165) is 15.6 Å². The molecule has 3 rings (SSSR count). The van der Waals surface area contributed by atoms with Crippen LogP contribution in [0.1, 0.15) is 21.7 Å². The largest absolute Gasteiger partial charge is 0.488 e. The molecule has 3 aromatic rings. The Hall–Kier alpha value is -2.57. The van der Waals surface area contributed by atoms with Gasteiger partial charge in [-0.15, -0.1) is 0 Å². The van der Waals surface area contributed by atoms with Crippen molar-refractivity contribution in [1.82, 2.24) is 5.43 Å². The van der Waals surface area contributed by atoms with Crippen molar-refractivity contribution in [1.29, 1.82) is 0 Å². The molecule has 2 aromatic carbocycles. The van der Waals surface area contributed by atoms with Gasteiger partial charge in [0, 0.05) is 10.6 Å². The van der Waals surface area contributed by atoms with Gasteiger partial charge in [0.25, 0.3) is 0 Å². The van der Waals surface area contributed by atoms with E-state index >= 15 is 0 Å². The van der Waals surface area contributed by atoms with Gasteiger partial charge in [0.15, 0.2) is 5.76 Å². The Kier molecular flexibility index (Phi) is 6.09. The van der Waals surface area contributed by atoms with E-state index in [1.54, 1.807) is 12.1 Å². The van der Waals surface area contributed by atoms with E-state index in [9.17, 15) is 4.79 Å². The second-order valence-electron chi connectivity index (χ2n) is 5.25. The first-order valence-corrected chi connectivity index (χ1v) is 8.83. The van der Waals surface area contributed by atoms with Crippen LogP contribution in [0.4, 0.5) is 0 Å². The van der Waals surface area contributed by atoms with Crippen molar-refractivity contribution in [3.63, 3.8) is 0 Å². The van der Waals surface area contributed by atoms with Crippen LogP contribution in [0.5, 0.6) is 5.75 Å². The molecule has 5 nitrogen and oxygen atoms in total.